The molecular formula is C20H21N3O3S. The van der Waals surface area contributed by atoms with Crippen LogP contribution in [0, 0.1) is 6.92 Å². The highest BCUT2D eigenvalue weighted by atomic mass is 32.1. The van der Waals surface area contributed by atoms with E-state index in [4.69, 9.17) is 9.15 Å². The van der Waals surface area contributed by atoms with Crippen molar-refractivity contribution in [3.63, 3.8) is 0 Å². The summed E-state index contributed by atoms with van der Waals surface area (Å²) in [5.41, 5.74) is 2.55. The highest BCUT2D eigenvalue weighted by Crippen LogP contribution is 2.26. The fourth-order valence-corrected chi connectivity index (χ4v) is 3.79. The summed E-state index contributed by atoms with van der Waals surface area (Å²) in [6, 6.07) is 12.0. The molecule has 0 unspecified atom stereocenters. The van der Waals surface area contributed by atoms with Crippen LogP contribution in [0.15, 0.2) is 46.2 Å². The van der Waals surface area contributed by atoms with E-state index in [1.54, 1.807) is 6.92 Å². The number of hydrogen-bond donors (Lipinski definition) is 1. The predicted octanol–water partition coefficient (Wildman–Crippen LogP) is 3.48. The van der Waals surface area contributed by atoms with Crippen molar-refractivity contribution in [3.05, 3.63) is 58.8 Å². The van der Waals surface area contributed by atoms with Gasteiger partial charge in [-0.3, -0.25) is 4.79 Å². The van der Waals surface area contributed by atoms with Gasteiger partial charge in [-0.15, -0.1) is 11.3 Å². The number of hydrogen-bond acceptors (Lipinski definition) is 6. The number of morpholine rings is 1. The van der Waals surface area contributed by atoms with Crippen molar-refractivity contribution < 1.29 is 13.9 Å². The molecule has 0 radical (unpaired) electrons. The lowest BCUT2D eigenvalue weighted by Crippen LogP contribution is -2.37. The fraction of sp³-hybridized carbons (Fsp3) is 0.300. The van der Waals surface area contributed by atoms with Crippen LogP contribution in [0.5, 0.6) is 0 Å². The molecule has 1 aliphatic heterocycles. The van der Waals surface area contributed by atoms with Crippen LogP contribution >= 0.6 is 11.3 Å². The molecule has 7 heteroatoms. The van der Waals surface area contributed by atoms with Gasteiger partial charge in [0.2, 0.25) is 5.89 Å². The smallest absolute Gasteiger partial charge is 0.273 e. The maximum atomic E-state index is 12.6. The molecule has 0 atom stereocenters. The summed E-state index contributed by atoms with van der Waals surface area (Å²) in [5, 5.41) is 4.93. The van der Waals surface area contributed by atoms with Gasteiger partial charge < -0.3 is 19.4 Å². The molecule has 1 fully saturated rings. The second-order valence-electron chi connectivity index (χ2n) is 6.31. The van der Waals surface area contributed by atoms with E-state index >= 15 is 0 Å². The standard InChI is InChI=1S/C20H21N3O3S/c1-14-18(22-20(26-14)17-7-4-12-27-17)19(24)21-13-15-5-2-3-6-16(15)23-8-10-25-11-9-23/h2-7,12H,8-11,13H2,1H3,(H,21,24). The van der Waals surface area contributed by atoms with Crippen molar-refractivity contribution in [2.45, 2.75) is 13.5 Å². The topological polar surface area (TPSA) is 67.6 Å². The number of rotatable bonds is 5. The van der Waals surface area contributed by atoms with E-state index in [1.807, 2.05) is 35.7 Å². The molecule has 27 heavy (non-hydrogen) atoms. The number of amides is 1. The molecule has 3 heterocycles. The fourth-order valence-electron chi connectivity index (χ4n) is 3.15. The van der Waals surface area contributed by atoms with Crippen molar-refractivity contribution in [1.82, 2.24) is 10.3 Å². The molecule has 0 aliphatic carbocycles. The molecule has 1 amide bonds. The Balaban J connectivity index is 1.47. The summed E-state index contributed by atoms with van der Waals surface area (Å²) in [6.07, 6.45) is 0. The molecule has 1 saturated heterocycles. The first kappa shape index (κ1) is 17.8. The summed E-state index contributed by atoms with van der Waals surface area (Å²) in [5.74, 6) is 0.787. The molecule has 6 nitrogen and oxygen atoms in total. The minimum atomic E-state index is -0.226. The lowest BCUT2D eigenvalue weighted by atomic mass is 10.1. The van der Waals surface area contributed by atoms with Crippen LogP contribution in [-0.2, 0) is 11.3 Å². The number of carbonyl (C=O) groups excluding carboxylic acids is 1. The molecule has 0 bridgehead atoms. The SMILES string of the molecule is Cc1oc(-c2cccs2)nc1C(=O)NCc1ccccc1N1CCOCC1. The van der Waals surface area contributed by atoms with Crippen molar-refractivity contribution in [2.75, 3.05) is 31.2 Å². The average molecular weight is 383 g/mol. The molecule has 1 aliphatic rings. The second-order valence-corrected chi connectivity index (χ2v) is 7.26. The Morgan fingerprint density at radius 2 is 2.04 bits per heavy atom. The third-order valence-electron chi connectivity index (χ3n) is 4.53. The zero-order chi connectivity index (χ0) is 18.6. The number of anilines is 1. The molecule has 0 saturated carbocycles. The summed E-state index contributed by atoms with van der Waals surface area (Å²) in [7, 11) is 0. The Morgan fingerprint density at radius 3 is 2.81 bits per heavy atom. The van der Waals surface area contributed by atoms with E-state index in [1.165, 1.54) is 11.3 Å². The number of aryl methyl sites for hydroxylation is 1. The number of ether oxygens (including phenoxy) is 1. The van der Waals surface area contributed by atoms with Crippen molar-refractivity contribution >= 4 is 22.9 Å². The van der Waals surface area contributed by atoms with Crippen molar-refractivity contribution in [1.29, 1.82) is 0 Å². The maximum absolute atomic E-state index is 12.6. The average Bonchev–Trinajstić information content (AvgIpc) is 3.37. The van der Waals surface area contributed by atoms with Crippen LogP contribution in [-0.4, -0.2) is 37.2 Å². The first-order chi connectivity index (χ1) is 13.2. The van der Waals surface area contributed by atoms with Crippen LogP contribution in [0.3, 0.4) is 0 Å². The first-order valence-corrected chi connectivity index (χ1v) is 9.80. The Morgan fingerprint density at radius 1 is 1.22 bits per heavy atom. The van der Waals surface area contributed by atoms with Gasteiger partial charge in [-0.05, 0) is 30.0 Å². The van der Waals surface area contributed by atoms with Crippen LogP contribution < -0.4 is 10.2 Å². The number of oxazole rings is 1. The number of nitrogens with one attached hydrogen (secondary N) is 1. The lowest BCUT2D eigenvalue weighted by Gasteiger charge is -2.30. The van der Waals surface area contributed by atoms with Gasteiger partial charge in [-0.2, -0.15) is 0 Å². The minimum absolute atomic E-state index is 0.226. The molecule has 1 N–H and O–H groups in total. The quantitative estimate of drug-likeness (QED) is 0.731. The predicted molar refractivity (Wildman–Crippen MR) is 105 cm³/mol. The van der Waals surface area contributed by atoms with Gasteiger partial charge in [0.1, 0.15) is 5.76 Å². The van der Waals surface area contributed by atoms with Gasteiger partial charge in [0, 0.05) is 25.3 Å². The van der Waals surface area contributed by atoms with E-state index in [9.17, 15) is 4.79 Å². The number of nitrogens with zero attached hydrogens (tertiary/aromatic N) is 2. The zero-order valence-electron chi connectivity index (χ0n) is 15.1. The number of aromatic nitrogens is 1. The summed E-state index contributed by atoms with van der Waals surface area (Å²) < 4.78 is 11.1. The lowest BCUT2D eigenvalue weighted by molar-refractivity contribution is 0.0945. The molecule has 0 spiro atoms. The second kappa shape index (κ2) is 7.94. The Bertz CT molecular complexity index is 914. The van der Waals surface area contributed by atoms with Crippen molar-refractivity contribution in [2.24, 2.45) is 0 Å². The van der Waals surface area contributed by atoms with Crippen LogP contribution in [0.25, 0.3) is 10.8 Å². The normalized spacial score (nSPS) is 14.3. The summed E-state index contributed by atoms with van der Waals surface area (Å²) >= 11 is 1.53. The van der Waals surface area contributed by atoms with Gasteiger partial charge >= 0.3 is 0 Å². The van der Waals surface area contributed by atoms with Crippen LogP contribution in [0.1, 0.15) is 21.8 Å². The van der Waals surface area contributed by atoms with Crippen molar-refractivity contribution in [3.8, 4) is 10.8 Å². The highest BCUT2D eigenvalue weighted by Gasteiger charge is 2.19. The number of thiophene rings is 1. The summed E-state index contributed by atoms with van der Waals surface area (Å²) in [4.78, 5) is 20.2. The Kier molecular flexibility index (Phi) is 5.22. The number of para-hydroxylation sites is 1. The van der Waals surface area contributed by atoms with E-state index in [2.05, 4.69) is 21.3 Å². The largest absolute Gasteiger partial charge is 0.440 e. The third-order valence-corrected chi connectivity index (χ3v) is 5.38. The molecule has 140 valence electrons. The van der Waals surface area contributed by atoms with Gasteiger partial charge in [-0.25, -0.2) is 4.98 Å². The highest BCUT2D eigenvalue weighted by molar-refractivity contribution is 7.13. The molecule has 3 aromatic rings. The Hall–Kier alpha value is -2.64. The van der Waals surface area contributed by atoms with Crippen LogP contribution in [0.2, 0.25) is 0 Å². The third kappa shape index (κ3) is 3.89. The van der Waals surface area contributed by atoms with E-state index < -0.39 is 0 Å². The monoisotopic (exact) mass is 383 g/mol. The zero-order valence-corrected chi connectivity index (χ0v) is 15.9. The van der Waals surface area contributed by atoms with Crippen LogP contribution in [0.4, 0.5) is 5.69 Å². The Labute approximate surface area is 161 Å². The van der Waals surface area contributed by atoms with Gasteiger partial charge in [-0.1, -0.05) is 24.3 Å². The molecule has 4 rings (SSSR count). The first-order valence-electron chi connectivity index (χ1n) is 8.92. The van der Waals surface area contributed by atoms with E-state index in [0.29, 0.717) is 23.9 Å². The minimum Gasteiger partial charge on any atom is -0.440 e. The van der Waals surface area contributed by atoms with E-state index in [-0.39, 0.29) is 5.91 Å². The van der Waals surface area contributed by atoms with Gasteiger partial charge in [0.15, 0.2) is 5.69 Å². The number of benzene rings is 1. The van der Waals surface area contributed by atoms with Gasteiger partial charge in [0.25, 0.3) is 5.91 Å². The van der Waals surface area contributed by atoms with E-state index in [0.717, 1.165) is 42.4 Å². The molecular weight excluding hydrogens is 362 g/mol. The molecule has 2 aromatic heterocycles. The van der Waals surface area contributed by atoms with Gasteiger partial charge in [0.05, 0.1) is 18.1 Å². The molecule has 1 aromatic carbocycles. The number of carbonyl (C=O) groups is 1. The maximum Gasteiger partial charge on any atom is 0.273 e. The summed E-state index contributed by atoms with van der Waals surface area (Å²) in [6.45, 7) is 5.37.